The topological polar surface area (TPSA) is 60.8 Å². The Hall–Kier alpha value is -1.39. The minimum atomic E-state index is -1.57. The number of aryl methyl sites for hydroxylation is 1. The lowest BCUT2D eigenvalue weighted by Gasteiger charge is -2.19. The summed E-state index contributed by atoms with van der Waals surface area (Å²) in [4.78, 5) is 13.1. The molecule has 0 spiro atoms. The first-order chi connectivity index (χ1) is 12.0. The van der Waals surface area contributed by atoms with Gasteiger partial charge in [0.1, 0.15) is 0 Å². The Balaban J connectivity index is 1.67. The van der Waals surface area contributed by atoms with Crippen LogP contribution < -0.4 is 0 Å². The highest BCUT2D eigenvalue weighted by Gasteiger charge is 2.42. The van der Waals surface area contributed by atoms with Crippen LogP contribution in [0.4, 0.5) is 0 Å². The molecule has 1 heterocycles. The van der Waals surface area contributed by atoms with Gasteiger partial charge in [0.2, 0.25) is 0 Å². The van der Waals surface area contributed by atoms with Gasteiger partial charge in [0, 0.05) is 26.1 Å². The highest BCUT2D eigenvalue weighted by Crippen LogP contribution is 2.23. The lowest BCUT2D eigenvalue weighted by atomic mass is 10.0. The number of likely N-dealkylation sites (tertiary alicyclic amines) is 1. The molecule has 140 valence electrons. The number of β-amino-alcohol motifs (C(OH)–C–C–N with tert-alkyl or cyclic N) is 1. The van der Waals surface area contributed by atoms with E-state index in [0.717, 1.165) is 6.42 Å². The van der Waals surface area contributed by atoms with E-state index in [0.29, 0.717) is 19.5 Å². The fraction of sp³-hybridized carbons (Fsp3) is 0.667. The number of rotatable bonds is 11. The maximum atomic E-state index is 11.1. The number of aliphatic hydroxyl groups is 1. The quantitative estimate of drug-likeness (QED) is 0.594. The van der Waals surface area contributed by atoms with Crippen molar-refractivity contribution in [2.24, 2.45) is 0 Å². The molecule has 1 aliphatic heterocycles. The summed E-state index contributed by atoms with van der Waals surface area (Å²) in [6, 6.07) is 8.64. The van der Waals surface area contributed by atoms with Crippen LogP contribution in [0.5, 0.6) is 0 Å². The Morgan fingerprint density at radius 3 is 2.24 bits per heavy atom. The van der Waals surface area contributed by atoms with Gasteiger partial charge in [-0.05, 0) is 24.0 Å². The van der Waals surface area contributed by atoms with Gasteiger partial charge in [-0.15, -0.1) is 0 Å². The van der Waals surface area contributed by atoms with Crippen LogP contribution in [0.25, 0.3) is 0 Å². The van der Waals surface area contributed by atoms with Crippen molar-refractivity contribution in [1.82, 2.24) is 4.90 Å². The average molecular weight is 347 g/mol. The van der Waals surface area contributed by atoms with E-state index in [1.165, 1.54) is 56.1 Å². The van der Waals surface area contributed by atoms with Crippen molar-refractivity contribution in [1.29, 1.82) is 0 Å². The van der Waals surface area contributed by atoms with Gasteiger partial charge in [-0.2, -0.15) is 0 Å². The molecule has 1 saturated heterocycles. The molecule has 0 radical (unpaired) electrons. The molecule has 4 nitrogen and oxygen atoms in total. The van der Waals surface area contributed by atoms with Crippen LogP contribution >= 0.6 is 0 Å². The molecule has 1 aromatic carbocycles. The Kier molecular flexibility index (Phi) is 7.91. The van der Waals surface area contributed by atoms with E-state index >= 15 is 0 Å². The zero-order chi connectivity index (χ0) is 18.1. The monoisotopic (exact) mass is 347 g/mol. The van der Waals surface area contributed by atoms with Gasteiger partial charge >= 0.3 is 5.97 Å². The SMILES string of the molecule is CCCCCCCCCc1ccc(CN2CCC(O)(C(=O)O)C2)cc1. The number of hydrogen-bond acceptors (Lipinski definition) is 3. The van der Waals surface area contributed by atoms with Crippen molar-refractivity contribution in [3.63, 3.8) is 0 Å². The van der Waals surface area contributed by atoms with Crippen molar-refractivity contribution in [3.8, 4) is 0 Å². The number of benzene rings is 1. The van der Waals surface area contributed by atoms with Crippen LogP contribution in [0, 0.1) is 0 Å². The molecule has 2 N–H and O–H groups in total. The molecule has 0 aromatic heterocycles. The number of nitrogens with zero attached hydrogens (tertiary/aromatic N) is 1. The van der Waals surface area contributed by atoms with Crippen molar-refractivity contribution >= 4 is 5.97 Å². The van der Waals surface area contributed by atoms with E-state index in [1.807, 2.05) is 4.90 Å². The first kappa shape index (κ1) is 19.9. The fourth-order valence-electron chi connectivity index (χ4n) is 3.54. The number of carboxylic acids is 1. The summed E-state index contributed by atoms with van der Waals surface area (Å²) in [7, 11) is 0. The summed E-state index contributed by atoms with van der Waals surface area (Å²) in [5.41, 5.74) is 0.982. The number of unbranched alkanes of at least 4 members (excludes halogenated alkanes) is 6. The zero-order valence-electron chi connectivity index (χ0n) is 15.5. The Morgan fingerprint density at radius 1 is 1.04 bits per heavy atom. The molecule has 1 fully saturated rings. The van der Waals surface area contributed by atoms with Gasteiger partial charge < -0.3 is 10.2 Å². The minimum absolute atomic E-state index is 0.210. The number of carbonyl (C=O) groups is 1. The molecule has 0 saturated carbocycles. The molecule has 2 rings (SSSR count). The van der Waals surface area contributed by atoms with Gasteiger partial charge in [0.25, 0.3) is 0 Å². The van der Waals surface area contributed by atoms with Crippen LogP contribution in [0.2, 0.25) is 0 Å². The molecule has 1 unspecified atom stereocenters. The van der Waals surface area contributed by atoms with Crippen molar-refractivity contribution in [2.45, 2.75) is 76.9 Å². The summed E-state index contributed by atoms with van der Waals surface area (Å²) in [6.45, 7) is 3.79. The third-order valence-corrected chi connectivity index (χ3v) is 5.22. The summed E-state index contributed by atoms with van der Waals surface area (Å²) < 4.78 is 0. The molecular weight excluding hydrogens is 314 g/mol. The third-order valence-electron chi connectivity index (χ3n) is 5.22. The van der Waals surface area contributed by atoms with Gasteiger partial charge in [-0.1, -0.05) is 69.7 Å². The van der Waals surface area contributed by atoms with Gasteiger partial charge in [0.15, 0.2) is 5.60 Å². The third kappa shape index (κ3) is 6.44. The van der Waals surface area contributed by atoms with Gasteiger partial charge in [-0.25, -0.2) is 4.79 Å². The van der Waals surface area contributed by atoms with E-state index < -0.39 is 11.6 Å². The summed E-state index contributed by atoms with van der Waals surface area (Å²) in [5.74, 6) is -1.11. The predicted octanol–water partition coefficient (Wildman–Crippen LogP) is 4.00. The van der Waals surface area contributed by atoms with E-state index in [9.17, 15) is 9.90 Å². The fourth-order valence-corrected chi connectivity index (χ4v) is 3.54. The van der Waals surface area contributed by atoms with Crippen LogP contribution in [0.3, 0.4) is 0 Å². The summed E-state index contributed by atoms with van der Waals surface area (Å²) in [5, 5.41) is 19.1. The molecule has 1 aromatic rings. The second-order valence-electron chi connectivity index (χ2n) is 7.49. The van der Waals surface area contributed by atoms with Crippen LogP contribution in [0.15, 0.2) is 24.3 Å². The molecule has 0 amide bonds. The predicted molar refractivity (Wildman–Crippen MR) is 101 cm³/mol. The Bertz CT molecular complexity index is 528. The van der Waals surface area contributed by atoms with Crippen molar-refractivity contribution < 1.29 is 15.0 Å². The largest absolute Gasteiger partial charge is 0.479 e. The first-order valence-corrected chi connectivity index (χ1v) is 9.79. The molecule has 0 aliphatic carbocycles. The van der Waals surface area contributed by atoms with Crippen LogP contribution in [-0.4, -0.2) is 39.8 Å². The maximum absolute atomic E-state index is 11.1. The second-order valence-corrected chi connectivity index (χ2v) is 7.49. The second kappa shape index (κ2) is 9.93. The normalized spacial score (nSPS) is 20.9. The molecule has 25 heavy (non-hydrogen) atoms. The average Bonchev–Trinajstić information content (AvgIpc) is 2.98. The Morgan fingerprint density at radius 2 is 1.64 bits per heavy atom. The minimum Gasteiger partial charge on any atom is -0.479 e. The molecule has 4 heteroatoms. The Labute approximate surface area is 151 Å². The number of carboxylic acid groups (broad SMARTS) is 1. The van der Waals surface area contributed by atoms with Crippen molar-refractivity contribution in [3.05, 3.63) is 35.4 Å². The van der Waals surface area contributed by atoms with E-state index in [1.54, 1.807) is 0 Å². The van der Waals surface area contributed by atoms with Crippen molar-refractivity contribution in [2.75, 3.05) is 13.1 Å². The van der Waals surface area contributed by atoms with E-state index in [2.05, 4.69) is 31.2 Å². The maximum Gasteiger partial charge on any atom is 0.337 e. The van der Waals surface area contributed by atoms with Gasteiger partial charge in [0.05, 0.1) is 0 Å². The molecule has 1 aliphatic rings. The highest BCUT2D eigenvalue weighted by molar-refractivity contribution is 5.77. The lowest BCUT2D eigenvalue weighted by molar-refractivity contribution is -0.157. The smallest absolute Gasteiger partial charge is 0.337 e. The van der Waals surface area contributed by atoms with Gasteiger partial charge in [-0.3, -0.25) is 4.90 Å². The van der Waals surface area contributed by atoms with Crippen LogP contribution in [0.1, 0.15) is 69.4 Å². The highest BCUT2D eigenvalue weighted by atomic mass is 16.4. The number of hydrogen-bond donors (Lipinski definition) is 2. The standard InChI is InChI=1S/C21H33NO3/c1-2-3-4-5-6-7-8-9-18-10-12-19(13-11-18)16-22-15-14-21(25,17-22)20(23)24/h10-13,25H,2-9,14-17H2,1H3,(H,23,24). The zero-order valence-corrected chi connectivity index (χ0v) is 15.5. The lowest BCUT2D eigenvalue weighted by Crippen LogP contribution is -2.41. The molecule has 1 atom stereocenters. The van der Waals surface area contributed by atoms with E-state index in [-0.39, 0.29) is 6.54 Å². The molecular formula is C21H33NO3. The molecule has 0 bridgehead atoms. The summed E-state index contributed by atoms with van der Waals surface area (Å²) >= 11 is 0. The van der Waals surface area contributed by atoms with Crippen LogP contribution in [-0.2, 0) is 17.8 Å². The summed E-state index contributed by atoms with van der Waals surface area (Å²) in [6.07, 6.45) is 10.8. The first-order valence-electron chi connectivity index (χ1n) is 9.79. The van der Waals surface area contributed by atoms with E-state index in [4.69, 9.17) is 5.11 Å². The number of aliphatic carboxylic acids is 1.